The number of fused-ring (bicyclic) bond motifs is 2. The number of piperazine rings is 1. The van der Waals surface area contributed by atoms with Gasteiger partial charge in [-0.15, -0.1) is 0 Å². The van der Waals surface area contributed by atoms with Crippen LogP contribution in [0.5, 0.6) is 0 Å². The number of nitrogens with zero attached hydrogens (tertiary/aromatic N) is 6. The number of carbonyl (C=O) groups is 1. The van der Waals surface area contributed by atoms with Crippen LogP contribution in [0.4, 0.5) is 26.4 Å². The molecule has 0 aromatic carbocycles. The number of nitrogens with one attached hydrogen (secondary N) is 2. The number of pyridine rings is 2. The second kappa shape index (κ2) is 7.21. The highest BCUT2D eigenvalue weighted by molar-refractivity contribution is 6.03. The molecule has 1 saturated heterocycles. The maximum Gasteiger partial charge on any atom is 0.327 e. The molecule has 3 aromatic heterocycles. The quantitative estimate of drug-likeness (QED) is 0.672. The van der Waals surface area contributed by atoms with Gasteiger partial charge in [0.25, 0.3) is 0 Å². The van der Waals surface area contributed by atoms with E-state index in [1.54, 1.807) is 11.1 Å². The molecule has 0 saturated carbocycles. The van der Waals surface area contributed by atoms with Gasteiger partial charge in [-0.1, -0.05) is 0 Å². The molecule has 5 heterocycles. The molecule has 5 rings (SSSR count). The van der Waals surface area contributed by atoms with E-state index in [-0.39, 0.29) is 5.69 Å². The first-order valence-electron chi connectivity index (χ1n) is 10.1. The van der Waals surface area contributed by atoms with Crippen LogP contribution in [0, 0.1) is 5.82 Å². The second-order valence-electron chi connectivity index (χ2n) is 7.94. The van der Waals surface area contributed by atoms with Gasteiger partial charge in [0.2, 0.25) is 0 Å². The van der Waals surface area contributed by atoms with Crippen molar-refractivity contribution in [1.82, 2.24) is 24.9 Å². The van der Waals surface area contributed by atoms with E-state index in [1.165, 1.54) is 23.1 Å². The number of aromatic nitrogens is 4. The Morgan fingerprint density at radius 2 is 2.07 bits per heavy atom. The molecule has 0 spiro atoms. The predicted octanol–water partition coefficient (Wildman–Crippen LogP) is 2.04. The van der Waals surface area contributed by atoms with Gasteiger partial charge < -0.3 is 15.5 Å². The molecule has 2 atom stereocenters. The highest BCUT2D eigenvalue weighted by Crippen LogP contribution is 2.35. The molecule has 156 valence electrons. The smallest absolute Gasteiger partial charge is 0.327 e. The molecule has 2 aliphatic heterocycles. The predicted molar refractivity (Wildman–Crippen MR) is 112 cm³/mol. The molecule has 0 radical (unpaired) electrons. The number of anilines is 3. The van der Waals surface area contributed by atoms with Gasteiger partial charge in [-0.3, -0.25) is 4.90 Å². The summed E-state index contributed by atoms with van der Waals surface area (Å²) in [5.74, 6) is 0.0693. The number of halogens is 1. The van der Waals surface area contributed by atoms with Crippen molar-refractivity contribution in [3.63, 3.8) is 0 Å². The van der Waals surface area contributed by atoms with Crippen molar-refractivity contribution in [2.24, 2.45) is 0 Å². The van der Waals surface area contributed by atoms with Gasteiger partial charge >= 0.3 is 6.03 Å². The highest BCUT2D eigenvalue weighted by Gasteiger charge is 2.31. The molecule has 3 aromatic rings. The standard InChI is InChI=1S/C20H23FN8O/c1-12-8-27(9-13(2)25-12)17-3-5-22-19-14(17)4-6-28(19)20(30)26-16-10-29-18(7-15(16)21)23-11-24-29/h3,5,7,10-13,25H,4,6,8-9H2,1-2H3,(H,26,30)/t12-,13+. The van der Waals surface area contributed by atoms with Gasteiger partial charge in [-0.25, -0.2) is 23.7 Å². The van der Waals surface area contributed by atoms with Crippen LogP contribution in [-0.2, 0) is 6.42 Å². The van der Waals surface area contributed by atoms with Crippen molar-refractivity contribution >= 4 is 28.9 Å². The molecule has 0 unspecified atom stereocenters. The molecule has 10 heteroatoms. The van der Waals surface area contributed by atoms with Crippen molar-refractivity contribution in [1.29, 1.82) is 0 Å². The fraction of sp³-hybridized carbons (Fsp3) is 0.400. The Kier molecular flexibility index (Phi) is 4.50. The van der Waals surface area contributed by atoms with Gasteiger partial charge in [0, 0.05) is 55.2 Å². The van der Waals surface area contributed by atoms with E-state index < -0.39 is 11.8 Å². The number of rotatable bonds is 2. The average Bonchev–Trinajstić information content (AvgIpc) is 3.33. The zero-order valence-corrected chi connectivity index (χ0v) is 16.8. The maximum absolute atomic E-state index is 14.4. The lowest BCUT2D eigenvalue weighted by Crippen LogP contribution is -2.54. The van der Waals surface area contributed by atoms with Crippen LogP contribution in [0.25, 0.3) is 5.65 Å². The van der Waals surface area contributed by atoms with Crippen molar-refractivity contribution in [3.05, 3.63) is 42.2 Å². The topological polar surface area (TPSA) is 90.7 Å². The van der Waals surface area contributed by atoms with Gasteiger partial charge in [-0.05, 0) is 26.3 Å². The van der Waals surface area contributed by atoms with Gasteiger partial charge in [-0.2, -0.15) is 5.10 Å². The first-order valence-corrected chi connectivity index (χ1v) is 10.1. The van der Waals surface area contributed by atoms with Crippen LogP contribution in [0.1, 0.15) is 19.4 Å². The summed E-state index contributed by atoms with van der Waals surface area (Å²) in [6.45, 7) is 6.64. The molecule has 1 fully saturated rings. The minimum absolute atomic E-state index is 0.0485. The van der Waals surface area contributed by atoms with E-state index >= 15 is 0 Å². The monoisotopic (exact) mass is 410 g/mol. The summed E-state index contributed by atoms with van der Waals surface area (Å²) in [6.07, 6.45) is 5.20. The van der Waals surface area contributed by atoms with E-state index in [2.05, 4.69) is 44.4 Å². The zero-order chi connectivity index (χ0) is 20.8. The molecule has 9 nitrogen and oxygen atoms in total. The Balaban J connectivity index is 1.40. The molecular weight excluding hydrogens is 387 g/mol. The normalized spacial score (nSPS) is 21.2. The summed E-state index contributed by atoms with van der Waals surface area (Å²) >= 11 is 0. The van der Waals surface area contributed by atoms with E-state index in [9.17, 15) is 9.18 Å². The van der Waals surface area contributed by atoms with Gasteiger partial charge in [0.15, 0.2) is 11.5 Å². The molecule has 30 heavy (non-hydrogen) atoms. The van der Waals surface area contributed by atoms with Crippen LogP contribution in [-0.4, -0.2) is 57.3 Å². The van der Waals surface area contributed by atoms with Crippen LogP contribution in [0.2, 0.25) is 0 Å². The largest absolute Gasteiger partial charge is 0.368 e. The van der Waals surface area contributed by atoms with Crippen molar-refractivity contribution in [2.75, 3.05) is 34.8 Å². The van der Waals surface area contributed by atoms with Crippen LogP contribution in [0.15, 0.2) is 30.9 Å². The van der Waals surface area contributed by atoms with Crippen LogP contribution >= 0.6 is 0 Å². The van der Waals surface area contributed by atoms with Crippen molar-refractivity contribution in [3.8, 4) is 0 Å². The number of hydrogen-bond donors (Lipinski definition) is 2. The SMILES string of the molecule is C[C@@H]1CN(c2ccnc3c2CCN3C(=O)Nc2cn3ncnc3cc2F)C[C@H](C)N1. The maximum atomic E-state index is 14.4. The second-order valence-corrected chi connectivity index (χ2v) is 7.94. The highest BCUT2D eigenvalue weighted by atomic mass is 19.1. The summed E-state index contributed by atoms with van der Waals surface area (Å²) in [5, 5.41) is 10.2. The first-order chi connectivity index (χ1) is 14.5. The molecule has 2 N–H and O–H groups in total. The Morgan fingerprint density at radius 3 is 2.87 bits per heavy atom. The van der Waals surface area contributed by atoms with E-state index in [1.807, 2.05) is 6.07 Å². The third-order valence-electron chi connectivity index (χ3n) is 5.60. The third kappa shape index (κ3) is 3.22. The summed E-state index contributed by atoms with van der Waals surface area (Å²) < 4.78 is 15.8. The van der Waals surface area contributed by atoms with E-state index in [0.717, 1.165) is 24.3 Å². The van der Waals surface area contributed by atoms with E-state index in [4.69, 9.17) is 0 Å². The fourth-order valence-electron chi connectivity index (χ4n) is 4.40. The average molecular weight is 410 g/mol. The Bertz CT molecular complexity index is 1110. The summed E-state index contributed by atoms with van der Waals surface area (Å²) in [5.41, 5.74) is 2.60. The van der Waals surface area contributed by atoms with Crippen molar-refractivity contribution in [2.45, 2.75) is 32.4 Å². The molecule has 2 amide bonds. The summed E-state index contributed by atoms with van der Waals surface area (Å²) in [7, 11) is 0. The minimum atomic E-state index is -0.561. The summed E-state index contributed by atoms with van der Waals surface area (Å²) in [6, 6.07) is 3.60. The fourth-order valence-corrected chi connectivity index (χ4v) is 4.40. The molecule has 2 aliphatic rings. The van der Waals surface area contributed by atoms with Crippen molar-refractivity contribution < 1.29 is 9.18 Å². The van der Waals surface area contributed by atoms with E-state index in [0.29, 0.717) is 36.5 Å². The number of urea groups is 1. The lowest BCUT2D eigenvalue weighted by atomic mass is 10.1. The zero-order valence-electron chi connectivity index (χ0n) is 16.8. The summed E-state index contributed by atoms with van der Waals surface area (Å²) in [4.78, 5) is 25.3. The number of carbonyl (C=O) groups excluding carboxylic acids is 1. The van der Waals surface area contributed by atoms with Crippen LogP contribution < -0.4 is 20.4 Å². The van der Waals surface area contributed by atoms with Gasteiger partial charge in [0.05, 0.1) is 11.9 Å². The first kappa shape index (κ1) is 18.7. The lowest BCUT2D eigenvalue weighted by molar-refractivity contribution is 0.257. The third-order valence-corrected chi connectivity index (χ3v) is 5.60. The Labute approximate surface area is 172 Å². The van der Waals surface area contributed by atoms with Gasteiger partial charge in [0.1, 0.15) is 12.1 Å². The minimum Gasteiger partial charge on any atom is -0.368 e. The molecule has 0 aliphatic carbocycles. The molecular formula is C20H23FN8O. The number of hydrogen-bond acceptors (Lipinski definition) is 6. The Hall–Kier alpha value is -3.27. The molecule has 0 bridgehead atoms. The van der Waals surface area contributed by atoms with Crippen LogP contribution in [0.3, 0.4) is 0 Å². The Morgan fingerprint density at radius 1 is 1.27 bits per heavy atom. The number of amides is 2. The lowest BCUT2D eigenvalue weighted by Gasteiger charge is -2.38.